The van der Waals surface area contributed by atoms with E-state index >= 15 is 0 Å². The molecule has 17 nitrogen and oxygen atoms in total. The third kappa shape index (κ3) is 66.5. The van der Waals surface area contributed by atoms with Crippen LogP contribution in [0.15, 0.2) is 0 Å². The molecule has 0 rings (SSSR count). The zero-order valence-electron chi connectivity index (χ0n) is 58.8. The van der Waals surface area contributed by atoms with E-state index in [-0.39, 0.29) is 25.7 Å². The van der Waals surface area contributed by atoms with Gasteiger partial charge in [-0.1, -0.05) is 329 Å². The highest BCUT2D eigenvalue weighted by molar-refractivity contribution is 7.47. The summed E-state index contributed by atoms with van der Waals surface area (Å²) in [6.07, 6.45) is 55.5. The zero-order valence-corrected chi connectivity index (χ0v) is 60.6. The molecule has 0 amide bonds. The van der Waals surface area contributed by atoms with Gasteiger partial charge in [-0.05, 0) is 25.7 Å². The highest BCUT2D eigenvalue weighted by Crippen LogP contribution is 2.45. The number of aliphatic hydroxyl groups excluding tert-OH is 1. The molecule has 0 heterocycles. The van der Waals surface area contributed by atoms with Gasteiger partial charge in [0, 0.05) is 25.7 Å². The van der Waals surface area contributed by atoms with Crippen LogP contribution >= 0.6 is 15.6 Å². The summed E-state index contributed by atoms with van der Waals surface area (Å²) < 4.78 is 68.3. The Labute approximate surface area is 556 Å². The maximum Gasteiger partial charge on any atom is 0.472 e. The topological polar surface area (TPSA) is 237 Å². The van der Waals surface area contributed by atoms with Crippen molar-refractivity contribution >= 4 is 39.5 Å². The molecule has 0 aliphatic heterocycles. The van der Waals surface area contributed by atoms with Crippen molar-refractivity contribution in [3.8, 4) is 0 Å². The van der Waals surface area contributed by atoms with Crippen LogP contribution in [-0.4, -0.2) is 96.7 Å². The number of hydrogen-bond donors (Lipinski definition) is 3. The van der Waals surface area contributed by atoms with E-state index in [0.29, 0.717) is 25.7 Å². The molecule has 0 spiro atoms. The molecule has 0 aromatic heterocycles. The van der Waals surface area contributed by atoms with Crippen molar-refractivity contribution in [3.05, 3.63) is 0 Å². The largest absolute Gasteiger partial charge is 0.472 e. The lowest BCUT2D eigenvalue weighted by atomic mass is 10.0. The fourth-order valence-corrected chi connectivity index (χ4v) is 12.6. The summed E-state index contributed by atoms with van der Waals surface area (Å²) in [4.78, 5) is 72.5. The van der Waals surface area contributed by atoms with E-state index in [1.54, 1.807) is 0 Å². The van der Waals surface area contributed by atoms with Crippen molar-refractivity contribution in [1.29, 1.82) is 0 Å². The first-order chi connectivity index (χ1) is 44.2. The van der Waals surface area contributed by atoms with Crippen LogP contribution in [0.25, 0.3) is 0 Å². The summed E-state index contributed by atoms with van der Waals surface area (Å²) in [7, 11) is -9.89. The zero-order chi connectivity index (χ0) is 66.8. The number of hydrogen-bond acceptors (Lipinski definition) is 15. The minimum absolute atomic E-state index is 0.106. The maximum absolute atomic E-state index is 13.0. The molecule has 0 aliphatic rings. The third-order valence-corrected chi connectivity index (χ3v) is 18.8. The highest BCUT2D eigenvalue weighted by Gasteiger charge is 2.30. The lowest BCUT2D eigenvalue weighted by molar-refractivity contribution is -0.161. The smallest absolute Gasteiger partial charge is 0.462 e. The number of aliphatic hydroxyl groups is 1. The summed E-state index contributed by atoms with van der Waals surface area (Å²) >= 11 is 0. The van der Waals surface area contributed by atoms with Crippen molar-refractivity contribution in [2.45, 2.75) is 399 Å². The monoisotopic (exact) mass is 1340 g/mol. The van der Waals surface area contributed by atoms with Crippen LogP contribution in [-0.2, 0) is 65.4 Å². The van der Waals surface area contributed by atoms with Crippen LogP contribution in [0.1, 0.15) is 381 Å². The van der Waals surface area contributed by atoms with Crippen LogP contribution in [0.2, 0.25) is 0 Å². The number of phosphoric acid groups is 2. The third-order valence-electron chi connectivity index (χ3n) is 16.9. The van der Waals surface area contributed by atoms with Crippen LogP contribution in [0.4, 0.5) is 0 Å². The number of rotatable bonds is 73. The second-order valence-corrected chi connectivity index (χ2v) is 28.9. The summed E-state index contributed by atoms with van der Waals surface area (Å²) in [6.45, 7) is 4.93. The van der Waals surface area contributed by atoms with Crippen LogP contribution in [0, 0.1) is 0 Å². The van der Waals surface area contributed by atoms with E-state index in [2.05, 4.69) is 27.7 Å². The summed E-state index contributed by atoms with van der Waals surface area (Å²) in [5, 5.41) is 10.6. The standard InChI is InChI=1S/C72H140O17P2/c1-5-9-13-17-21-25-27-29-31-32-33-34-35-37-39-43-47-51-55-59-72(77)89-68(63-83-70(75)57-53-49-45-42-38-36-30-28-26-22-18-14-10-6-2)65-87-91(80,81)85-61-66(73)60-84-90(78,79)86-64-67(88-71(76)58-54-50-46-41-24-20-16-12-8-4)62-82-69(74)56-52-48-44-40-23-19-15-11-7-3/h66-68,73H,5-65H2,1-4H3,(H,78,79)(H,80,81)/t66-,67+,68+/m0/s1. The molecular formula is C72H140O17P2. The highest BCUT2D eigenvalue weighted by atomic mass is 31.2. The van der Waals surface area contributed by atoms with E-state index in [1.165, 1.54) is 212 Å². The van der Waals surface area contributed by atoms with E-state index < -0.39 is 97.5 Å². The summed E-state index contributed by atoms with van der Waals surface area (Å²) in [6, 6.07) is 0. The fraction of sp³-hybridized carbons (Fsp3) is 0.944. The molecule has 5 atom stereocenters. The maximum atomic E-state index is 13.0. The first kappa shape index (κ1) is 89.1. The van der Waals surface area contributed by atoms with Gasteiger partial charge < -0.3 is 33.8 Å². The van der Waals surface area contributed by atoms with Gasteiger partial charge in [-0.2, -0.15) is 0 Å². The van der Waals surface area contributed by atoms with E-state index in [4.69, 9.17) is 37.0 Å². The molecule has 0 aromatic carbocycles. The van der Waals surface area contributed by atoms with Gasteiger partial charge >= 0.3 is 39.5 Å². The lowest BCUT2D eigenvalue weighted by Crippen LogP contribution is -2.30. The molecule has 3 N–H and O–H groups in total. The number of carbonyl (C=O) groups is 4. The molecule has 0 bridgehead atoms. The van der Waals surface area contributed by atoms with Gasteiger partial charge in [0.05, 0.1) is 26.4 Å². The second-order valence-electron chi connectivity index (χ2n) is 26.0. The van der Waals surface area contributed by atoms with Crippen molar-refractivity contribution in [1.82, 2.24) is 0 Å². The minimum Gasteiger partial charge on any atom is -0.462 e. The Hall–Kier alpha value is -1.94. The molecular weight excluding hydrogens is 1200 g/mol. The normalized spacial score (nSPS) is 14.0. The number of phosphoric ester groups is 2. The first-order valence-corrected chi connectivity index (χ1v) is 40.8. The minimum atomic E-state index is -4.95. The van der Waals surface area contributed by atoms with Crippen LogP contribution in [0.5, 0.6) is 0 Å². The molecule has 0 aromatic rings. The molecule has 19 heteroatoms. The van der Waals surface area contributed by atoms with Gasteiger partial charge in [0.2, 0.25) is 0 Å². The molecule has 0 saturated heterocycles. The van der Waals surface area contributed by atoms with E-state index in [1.807, 2.05) is 0 Å². The Bertz CT molecular complexity index is 1740. The molecule has 0 aliphatic carbocycles. The molecule has 0 fully saturated rings. The molecule has 2 unspecified atom stereocenters. The van der Waals surface area contributed by atoms with E-state index in [0.717, 1.165) is 89.9 Å². The van der Waals surface area contributed by atoms with Crippen LogP contribution in [0.3, 0.4) is 0 Å². The Balaban J connectivity index is 5.18. The number of carbonyl (C=O) groups excluding carboxylic acids is 4. The number of ether oxygens (including phenoxy) is 4. The number of unbranched alkanes of at least 4 members (excludes halogenated alkanes) is 47. The van der Waals surface area contributed by atoms with Gasteiger partial charge in [0.25, 0.3) is 0 Å². The molecule has 91 heavy (non-hydrogen) atoms. The quantitative estimate of drug-likeness (QED) is 0.0222. The Morgan fingerprint density at radius 1 is 0.264 bits per heavy atom. The van der Waals surface area contributed by atoms with Crippen molar-refractivity contribution < 1.29 is 80.2 Å². The molecule has 0 radical (unpaired) electrons. The van der Waals surface area contributed by atoms with Gasteiger partial charge in [-0.15, -0.1) is 0 Å². The Morgan fingerprint density at radius 3 is 0.648 bits per heavy atom. The average Bonchev–Trinajstić information content (AvgIpc) is 3.34. The Kier molecular flexibility index (Phi) is 65.2. The SMILES string of the molecule is CCCCCCCCCCCCCCCCCCCCCC(=O)O[C@H](COC(=O)CCCCCCCCCCCCCCCC)COP(=O)(O)OC[C@@H](O)COP(=O)(O)OC[C@@H](COC(=O)CCCCCCCCCCC)OC(=O)CCCCCCCCCCC. The van der Waals surface area contributed by atoms with Gasteiger partial charge in [0.15, 0.2) is 12.2 Å². The van der Waals surface area contributed by atoms with Crippen molar-refractivity contribution in [2.24, 2.45) is 0 Å². The van der Waals surface area contributed by atoms with E-state index in [9.17, 15) is 43.2 Å². The molecule has 540 valence electrons. The number of esters is 4. The summed E-state index contributed by atoms with van der Waals surface area (Å²) in [5.74, 6) is -2.12. The van der Waals surface area contributed by atoms with Gasteiger partial charge in [-0.25, -0.2) is 9.13 Å². The van der Waals surface area contributed by atoms with Gasteiger partial charge in [-0.3, -0.25) is 37.3 Å². The molecule has 0 saturated carbocycles. The van der Waals surface area contributed by atoms with Crippen LogP contribution < -0.4 is 0 Å². The lowest BCUT2D eigenvalue weighted by Gasteiger charge is -2.21. The Morgan fingerprint density at radius 2 is 0.440 bits per heavy atom. The van der Waals surface area contributed by atoms with Crippen molar-refractivity contribution in [3.63, 3.8) is 0 Å². The predicted molar refractivity (Wildman–Crippen MR) is 368 cm³/mol. The fourth-order valence-electron chi connectivity index (χ4n) is 11.0. The first-order valence-electron chi connectivity index (χ1n) is 37.8. The van der Waals surface area contributed by atoms with Gasteiger partial charge in [0.1, 0.15) is 19.3 Å². The van der Waals surface area contributed by atoms with Crippen molar-refractivity contribution in [2.75, 3.05) is 39.6 Å². The predicted octanol–water partition coefficient (Wildman–Crippen LogP) is 21.1. The average molecular weight is 1340 g/mol. The summed E-state index contributed by atoms with van der Waals surface area (Å²) in [5.41, 5.74) is 0. The second kappa shape index (κ2) is 66.7.